The van der Waals surface area contributed by atoms with Gasteiger partial charge in [-0.15, -0.1) is 0 Å². The van der Waals surface area contributed by atoms with E-state index >= 15 is 0 Å². The zero-order valence-electron chi connectivity index (χ0n) is 15.3. The van der Waals surface area contributed by atoms with Crippen LogP contribution in [-0.2, 0) is 4.79 Å². The molecule has 0 aliphatic rings. The zero-order valence-corrected chi connectivity index (χ0v) is 17.3. The molecule has 0 aromatic heterocycles. The summed E-state index contributed by atoms with van der Waals surface area (Å²) in [7, 11) is 0. The van der Waals surface area contributed by atoms with E-state index in [1.54, 1.807) is 25.1 Å². The Balaban J connectivity index is 0. The van der Waals surface area contributed by atoms with Crippen molar-refractivity contribution in [3.63, 3.8) is 0 Å². The first-order valence-electron chi connectivity index (χ1n) is 7.60. The molecule has 2 aromatic carbocycles. The fourth-order valence-corrected chi connectivity index (χ4v) is 1.68. The summed E-state index contributed by atoms with van der Waals surface area (Å²) in [6.45, 7) is 7.79. The zero-order chi connectivity index (χ0) is 17.7. The average molecular weight is 336 g/mol. The Kier molecular flexibility index (Phi) is 15.6. The Morgan fingerprint density at radius 1 is 0.917 bits per heavy atom. The number of hydrogen-bond acceptors (Lipinski definition) is 3. The van der Waals surface area contributed by atoms with Crippen LogP contribution in [0.25, 0.3) is 0 Å². The molecule has 3 nitrogen and oxygen atoms in total. The fraction of sp³-hybridized carbons (Fsp3) is 0.300. The van der Waals surface area contributed by atoms with Gasteiger partial charge < -0.3 is 14.7 Å². The summed E-state index contributed by atoms with van der Waals surface area (Å²) in [5.41, 5.74) is 1.54. The Morgan fingerprint density at radius 2 is 1.33 bits per heavy atom. The van der Waals surface area contributed by atoms with Gasteiger partial charge in [-0.1, -0.05) is 80.1 Å². The summed E-state index contributed by atoms with van der Waals surface area (Å²) in [6, 6.07) is 18.3. The summed E-state index contributed by atoms with van der Waals surface area (Å²) in [6.07, 6.45) is 0.722. The molecular formula is C20H25NaO3. The van der Waals surface area contributed by atoms with E-state index in [2.05, 4.69) is 19.1 Å². The maximum Gasteiger partial charge on any atom is 1.00 e. The number of carboxylic acid groups (broad SMARTS) is 1. The van der Waals surface area contributed by atoms with Crippen molar-refractivity contribution in [3.8, 4) is 0 Å². The summed E-state index contributed by atoms with van der Waals surface area (Å²) in [4.78, 5) is 20.3. The summed E-state index contributed by atoms with van der Waals surface area (Å²) in [5, 5.41) is 10.1. The van der Waals surface area contributed by atoms with Crippen molar-refractivity contribution >= 4 is 11.8 Å². The molecule has 2 aromatic rings. The third-order valence-corrected chi connectivity index (χ3v) is 2.65. The van der Waals surface area contributed by atoms with E-state index < -0.39 is 5.97 Å². The molecule has 0 spiro atoms. The SMILES string of the molecule is CC(=O)CC(C)C.Cc1ccccc1.O=C([O-])c1ccccc1.[Na+]. The Hall–Kier alpha value is -1.42. The van der Waals surface area contributed by atoms with Crippen LogP contribution < -0.4 is 34.7 Å². The van der Waals surface area contributed by atoms with Crippen LogP contribution in [0.5, 0.6) is 0 Å². The molecule has 0 N–H and O–H groups in total. The molecule has 0 bridgehead atoms. The number of hydrogen-bond donors (Lipinski definition) is 0. The molecule has 0 amide bonds. The molecule has 0 radical (unpaired) electrons. The summed E-state index contributed by atoms with van der Waals surface area (Å²) >= 11 is 0. The smallest absolute Gasteiger partial charge is 0.545 e. The first kappa shape index (κ1) is 24.8. The van der Waals surface area contributed by atoms with Crippen LogP contribution in [0.1, 0.15) is 43.1 Å². The Labute approximate surface area is 167 Å². The van der Waals surface area contributed by atoms with Crippen molar-refractivity contribution in [2.45, 2.75) is 34.1 Å². The first-order chi connectivity index (χ1) is 10.8. The molecule has 0 heterocycles. The molecule has 0 saturated carbocycles. The van der Waals surface area contributed by atoms with E-state index in [-0.39, 0.29) is 40.9 Å². The van der Waals surface area contributed by atoms with Gasteiger partial charge in [0, 0.05) is 6.42 Å². The van der Waals surface area contributed by atoms with E-state index in [4.69, 9.17) is 0 Å². The fourth-order valence-electron chi connectivity index (χ4n) is 1.68. The second kappa shape index (κ2) is 15.1. The van der Waals surface area contributed by atoms with E-state index in [1.165, 1.54) is 17.7 Å². The van der Waals surface area contributed by atoms with Gasteiger partial charge in [0.05, 0.1) is 5.97 Å². The molecule has 24 heavy (non-hydrogen) atoms. The van der Waals surface area contributed by atoms with Crippen LogP contribution >= 0.6 is 0 Å². The normalized spacial score (nSPS) is 8.71. The van der Waals surface area contributed by atoms with E-state index in [0.29, 0.717) is 5.92 Å². The second-order valence-corrected chi connectivity index (χ2v) is 5.61. The van der Waals surface area contributed by atoms with E-state index in [0.717, 1.165) is 6.42 Å². The molecule has 0 atom stereocenters. The third-order valence-electron chi connectivity index (χ3n) is 2.65. The number of rotatable bonds is 3. The average Bonchev–Trinajstić information content (AvgIpc) is 2.49. The van der Waals surface area contributed by atoms with Crippen molar-refractivity contribution in [2.24, 2.45) is 5.92 Å². The maximum atomic E-state index is 10.3. The second-order valence-electron chi connectivity index (χ2n) is 5.61. The minimum atomic E-state index is -1.13. The van der Waals surface area contributed by atoms with E-state index in [1.807, 2.05) is 32.0 Å². The summed E-state index contributed by atoms with van der Waals surface area (Å²) in [5.74, 6) is -0.317. The number of aryl methyl sites for hydroxylation is 1. The third kappa shape index (κ3) is 15.5. The maximum absolute atomic E-state index is 10.3. The minimum Gasteiger partial charge on any atom is -0.545 e. The number of Topliss-reactive ketones (excluding diaryl/α,β-unsaturated/α-hetero) is 1. The molecule has 0 aliphatic carbocycles. The van der Waals surface area contributed by atoms with Crippen molar-refractivity contribution in [1.29, 1.82) is 0 Å². The van der Waals surface area contributed by atoms with Gasteiger partial charge in [-0.25, -0.2) is 0 Å². The van der Waals surface area contributed by atoms with Gasteiger partial charge in [-0.05, 0) is 25.3 Å². The molecule has 0 unspecified atom stereocenters. The van der Waals surface area contributed by atoms with Gasteiger partial charge in [0.25, 0.3) is 0 Å². The van der Waals surface area contributed by atoms with Crippen LogP contribution in [0.4, 0.5) is 0 Å². The van der Waals surface area contributed by atoms with Crippen LogP contribution in [0.15, 0.2) is 60.7 Å². The van der Waals surface area contributed by atoms with Crippen molar-refractivity contribution in [2.75, 3.05) is 0 Å². The molecule has 4 heteroatoms. The van der Waals surface area contributed by atoms with Gasteiger partial charge >= 0.3 is 29.6 Å². The van der Waals surface area contributed by atoms with Gasteiger partial charge in [-0.3, -0.25) is 0 Å². The quantitative estimate of drug-likeness (QED) is 0.774. The number of ketones is 1. The minimum absolute atomic E-state index is 0. The Bertz CT molecular complexity index is 566. The van der Waals surface area contributed by atoms with Crippen molar-refractivity contribution in [3.05, 3.63) is 71.8 Å². The van der Waals surface area contributed by atoms with Crippen LogP contribution in [-0.4, -0.2) is 11.8 Å². The number of carbonyl (C=O) groups excluding carboxylic acids is 2. The van der Waals surface area contributed by atoms with E-state index in [9.17, 15) is 14.7 Å². The number of benzene rings is 2. The van der Waals surface area contributed by atoms with Crippen LogP contribution in [0.3, 0.4) is 0 Å². The predicted molar refractivity (Wildman–Crippen MR) is 92.1 cm³/mol. The molecule has 0 fully saturated rings. The number of aromatic carboxylic acids is 1. The summed E-state index contributed by atoms with van der Waals surface area (Å²) < 4.78 is 0. The molecule has 124 valence electrons. The molecule has 0 saturated heterocycles. The Morgan fingerprint density at radius 3 is 1.50 bits per heavy atom. The largest absolute Gasteiger partial charge is 1.00 e. The van der Waals surface area contributed by atoms with Crippen molar-refractivity contribution < 1.29 is 44.3 Å². The molecular weight excluding hydrogens is 311 g/mol. The van der Waals surface area contributed by atoms with Gasteiger partial charge in [0.1, 0.15) is 5.78 Å². The van der Waals surface area contributed by atoms with Crippen LogP contribution in [0.2, 0.25) is 0 Å². The molecule has 2 rings (SSSR count). The monoisotopic (exact) mass is 336 g/mol. The van der Waals surface area contributed by atoms with Gasteiger partial charge in [0.2, 0.25) is 0 Å². The molecule has 0 aliphatic heterocycles. The van der Waals surface area contributed by atoms with Crippen molar-refractivity contribution in [1.82, 2.24) is 0 Å². The van der Waals surface area contributed by atoms with Crippen LogP contribution in [0, 0.1) is 12.8 Å². The predicted octanol–water partition coefficient (Wildman–Crippen LogP) is 0.671. The number of carbonyl (C=O) groups is 2. The topological polar surface area (TPSA) is 57.2 Å². The van der Waals surface area contributed by atoms with Gasteiger partial charge in [-0.2, -0.15) is 0 Å². The first-order valence-corrected chi connectivity index (χ1v) is 7.60. The van der Waals surface area contributed by atoms with Gasteiger partial charge in [0.15, 0.2) is 0 Å². The number of carboxylic acids is 1. The standard InChI is InChI=1S/C7H6O2.C7H8.C6H12O.Na/c8-7(9)6-4-2-1-3-5-6;1-7-5-3-2-4-6-7;1-5(2)4-6(3)7;/h1-5H,(H,8,9);2-6H,1H3;5H,4H2,1-3H3;/q;;;+1/p-1.